The molecule has 1 aliphatic heterocycles. The molecule has 1 fully saturated rings. The minimum absolute atomic E-state index is 0.252. The highest BCUT2D eigenvalue weighted by atomic mass is 32.2. The molecule has 8 nitrogen and oxygen atoms in total. The van der Waals surface area contributed by atoms with Gasteiger partial charge in [0.15, 0.2) is 0 Å². The average Bonchev–Trinajstić information content (AvgIpc) is 2.34. The van der Waals surface area contributed by atoms with Crippen molar-refractivity contribution >= 4 is 22.0 Å². The molecule has 0 saturated carbocycles. The fourth-order valence-corrected chi connectivity index (χ4v) is 3.45. The summed E-state index contributed by atoms with van der Waals surface area (Å²) in [7, 11) is -2.42. The number of amides is 2. The predicted molar refractivity (Wildman–Crippen MR) is 69.2 cm³/mol. The fourth-order valence-electron chi connectivity index (χ4n) is 1.88. The van der Waals surface area contributed by atoms with Gasteiger partial charge in [-0.25, -0.2) is 0 Å². The Kier molecular flexibility index (Phi) is 5.41. The molecule has 0 bridgehead atoms. The summed E-state index contributed by atoms with van der Waals surface area (Å²) in [6, 6.07) is -0.844. The van der Waals surface area contributed by atoms with E-state index < -0.39 is 28.1 Å². The molecule has 9 heteroatoms. The summed E-state index contributed by atoms with van der Waals surface area (Å²) in [6.07, 6.45) is 0.823. The summed E-state index contributed by atoms with van der Waals surface area (Å²) in [4.78, 5) is 23.0. The number of carbonyl (C=O) groups is 2. The molecule has 0 aromatic rings. The predicted octanol–water partition coefficient (Wildman–Crippen LogP) is -1.75. The summed E-state index contributed by atoms with van der Waals surface area (Å²) in [6.45, 7) is 1.99. The summed E-state index contributed by atoms with van der Waals surface area (Å²) in [5.74, 6) is -1.18. The quantitative estimate of drug-likeness (QED) is 0.564. The molecular formula is C10H20N4O4S. The molecule has 3 N–H and O–H groups in total. The van der Waals surface area contributed by atoms with E-state index in [1.165, 1.54) is 7.05 Å². The van der Waals surface area contributed by atoms with Crippen LogP contribution in [0.3, 0.4) is 0 Å². The van der Waals surface area contributed by atoms with E-state index in [0.29, 0.717) is 19.4 Å². The Morgan fingerprint density at radius 2 is 2.11 bits per heavy atom. The molecule has 2 amide bonds. The van der Waals surface area contributed by atoms with Gasteiger partial charge in [-0.1, -0.05) is 6.92 Å². The Hall–Kier alpha value is -1.03. The summed E-state index contributed by atoms with van der Waals surface area (Å²) < 4.78 is 26.7. The van der Waals surface area contributed by atoms with Gasteiger partial charge in [-0.2, -0.15) is 17.0 Å². The topological polar surface area (TPSA) is 113 Å². The second kappa shape index (κ2) is 6.42. The number of imide groups is 1. The SMILES string of the molecule is CCC1C(=O)NC(=O)CN1S(=O)(=O)N(C)CCCN. The molecule has 0 radical (unpaired) electrons. The van der Waals surface area contributed by atoms with E-state index in [4.69, 9.17) is 5.73 Å². The number of piperazine rings is 1. The summed E-state index contributed by atoms with van der Waals surface area (Å²) >= 11 is 0. The summed E-state index contributed by atoms with van der Waals surface area (Å²) in [5, 5.41) is 2.14. The van der Waals surface area contributed by atoms with Crippen molar-refractivity contribution in [2.45, 2.75) is 25.8 Å². The number of hydrogen-bond donors (Lipinski definition) is 2. The average molecular weight is 292 g/mol. The highest BCUT2D eigenvalue weighted by Gasteiger charge is 2.41. The molecule has 1 atom stereocenters. The van der Waals surface area contributed by atoms with Crippen LogP contribution in [0.25, 0.3) is 0 Å². The zero-order valence-electron chi connectivity index (χ0n) is 11.1. The first kappa shape index (κ1) is 16.0. The van der Waals surface area contributed by atoms with Crippen molar-refractivity contribution in [1.29, 1.82) is 0 Å². The third-order valence-electron chi connectivity index (χ3n) is 2.97. The Morgan fingerprint density at radius 1 is 1.47 bits per heavy atom. The van der Waals surface area contributed by atoms with Crippen LogP contribution in [-0.2, 0) is 19.8 Å². The number of rotatable bonds is 6. The van der Waals surface area contributed by atoms with E-state index in [9.17, 15) is 18.0 Å². The van der Waals surface area contributed by atoms with Gasteiger partial charge in [-0.3, -0.25) is 14.9 Å². The molecule has 1 aliphatic rings. The third kappa shape index (κ3) is 3.50. The Labute approximate surface area is 113 Å². The number of nitrogens with two attached hydrogens (primary N) is 1. The van der Waals surface area contributed by atoms with Crippen molar-refractivity contribution in [3.63, 3.8) is 0 Å². The van der Waals surface area contributed by atoms with Crippen molar-refractivity contribution in [2.24, 2.45) is 5.73 Å². The molecule has 1 heterocycles. The molecule has 1 saturated heterocycles. The first-order valence-electron chi connectivity index (χ1n) is 6.11. The van der Waals surface area contributed by atoms with Crippen LogP contribution in [0.2, 0.25) is 0 Å². The maximum Gasteiger partial charge on any atom is 0.282 e. The van der Waals surface area contributed by atoms with Crippen LogP contribution in [0.5, 0.6) is 0 Å². The second-order valence-corrected chi connectivity index (χ2v) is 6.34. The van der Waals surface area contributed by atoms with Crippen molar-refractivity contribution in [1.82, 2.24) is 13.9 Å². The zero-order chi connectivity index (χ0) is 14.6. The van der Waals surface area contributed by atoms with E-state index in [2.05, 4.69) is 5.32 Å². The lowest BCUT2D eigenvalue weighted by molar-refractivity contribution is -0.137. The smallest absolute Gasteiger partial charge is 0.282 e. The lowest BCUT2D eigenvalue weighted by Crippen LogP contribution is -2.61. The standard InChI is InChI=1S/C10H20N4O4S/c1-3-8-10(16)12-9(15)7-14(8)19(17,18)13(2)6-4-5-11/h8H,3-7,11H2,1-2H3,(H,12,15,16). The highest BCUT2D eigenvalue weighted by Crippen LogP contribution is 2.16. The van der Waals surface area contributed by atoms with E-state index in [-0.39, 0.29) is 13.1 Å². The molecule has 0 aliphatic carbocycles. The van der Waals surface area contributed by atoms with Gasteiger partial charge in [-0.05, 0) is 19.4 Å². The van der Waals surface area contributed by atoms with Gasteiger partial charge < -0.3 is 5.73 Å². The largest absolute Gasteiger partial charge is 0.330 e. The van der Waals surface area contributed by atoms with Crippen molar-refractivity contribution in [3.05, 3.63) is 0 Å². The maximum absolute atomic E-state index is 12.3. The Morgan fingerprint density at radius 3 is 2.63 bits per heavy atom. The van der Waals surface area contributed by atoms with Gasteiger partial charge >= 0.3 is 0 Å². The fraction of sp³-hybridized carbons (Fsp3) is 0.800. The number of carbonyl (C=O) groups excluding carboxylic acids is 2. The van der Waals surface area contributed by atoms with E-state index in [1.807, 2.05) is 0 Å². The molecule has 0 aromatic carbocycles. The number of nitrogens with zero attached hydrogens (tertiary/aromatic N) is 2. The van der Waals surface area contributed by atoms with Gasteiger partial charge in [-0.15, -0.1) is 0 Å². The number of hydrogen-bond acceptors (Lipinski definition) is 5. The minimum atomic E-state index is -3.83. The molecule has 1 rings (SSSR count). The first-order chi connectivity index (χ1) is 8.84. The lowest BCUT2D eigenvalue weighted by Gasteiger charge is -2.34. The van der Waals surface area contributed by atoms with Crippen LogP contribution in [0.15, 0.2) is 0 Å². The second-order valence-electron chi connectivity index (χ2n) is 4.35. The zero-order valence-corrected chi connectivity index (χ0v) is 11.9. The molecule has 0 aromatic heterocycles. The van der Waals surface area contributed by atoms with Gasteiger partial charge in [0.25, 0.3) is 10.2 Å². The van der Waals surface area contributed by atoms with Gasteiger partial charge in [0.05, 0.1) is 6.54 Å². The van der Waals surface area contributed by atoms with Crippen molar-refractivity contribution in [2.75, 3.05) is 26.7 Å². The molecule has 0 spiro atoms. The van der Waals surface area contributed by atoms with Crippen LogP contribution < -0.4 is 11.1 Å². The monoisotopic (exact) mass is 292 g/mol. The maximum atomic E-state index is 12.3. The minimum Gasteiger partial charge on any atom is -0.330 e. The van der Waals surface area contributed by atoms with Crippen LogP contribution in [-0.4, -0.2) is 61.6 Å². The van der Waals surface area contributed by atoms with Gasteiger partial charge in [0, 0.05) is 13.6 Å². The normalized spacial score (nSPS) is 21.8. The van der Waals surface area contributed by atoms with Crippen molar-refractivity contribution < 1.29 is 18.0 Å². The third-order valence-corrected chi connectivity index (χ3v) is 4.91. The van der Waals surface area contributed by atoms with Crippen molar-refractivity contribution in [3.8, 4) is 0 Å². The first-order valence-corrected chi connectivity index (χ1v) is 7.51. The Balaban J connectivity index is 2.96. The van der Waals surface area contributed by atoms with Crippen LogP contribution >= 0.6 is 0 Å². The van der Waals surface area contributed by atoms with Crippen LogP contribution in [0.4, 0.5) is 0 Å². The lowest BCUT2D eigenvalue weighted by atomic mass is 10.2. The molecule has 1 unspecified atom stereocenters. The molecular weight excluding hydrogens is 272 g/mol. The van der Waals surface area contributed by atoms with Crippen LogP contribution in [0, 0.1) is 0 Å². The highest BCUT2D eigenvalue weighted by molar-refractivity contribution is 7.86. The Bertz CT molecular complexity index is 450. The van der Waals surface area contributed by atoms with Gasteiger partial charge in [0.1, 0.15) is 6.04 Å². The number of nitrogens with one attached hydrogen (secondary N) is 1. The molecule has 110 valence electrons. The van der Waals surface area contributed by atoms with Crippen LogP contribution in [0.1, 0.15) is 19.8 Å². The van der Waals surface area contributed by atoms with Gasteiger partial charge in [0.2, 0.25) is 11.8 Å². The van der Waals surface area contributed by atoms with E-state index >= 15 is 0 Å². The van der Waals surface area contributed by atoms with E-state index in [1.54, 1.807) is 6.92 Å². The van der Waals surface area contributed by atoms with E-state index in [0.717, 1.165) is 8.61 Å². The molecule has 19 heavy (non-hydrogen) atoms. The summed E-state index contributed by atoms with van der Waals surface area (Å²) in [5.41, 5.74) is 5.34.